The Hall–Kier alpha value is -1.35. The Morgan fingerprint density at radius 3 is 3.07 bits per heavy atom. The third-order valence-corrected chi connectivity index (χ3v) is 2.18. The minimum absolute atomic E-state index is 0.678. The van der Waals surface area contributed by atoms with Gasteiger partial charge in [0.25, 0.3) is 0 Å². The first-order chi connectivity index (χ1) is 6.79. The molecule has 2 rings (SSSR count). The molecular weight excluding hydrogens is 176 g/mol. The van der Waals surface area contributed by atoms with Crippen molar-refractivity contribution in [1.29, 1.82) is 0 Å². The van der Waals surface area contributed by atoms with Crippen LogP contribution in [0.15, 0.2) is 22.6 Å². The summed E-state index contributed by atoms with van der Waals surface area (Å²) >= 11 is 0. The predicted molar refractivity (Wildman–Crippen MR) is 56.1 cm³/mol. The molecule has 0 bridgehead atoms. The largest absolute Gasteiger partial charge is 0.441 e. The fraction of sp³-hybridized carbons (Fsp3) is 0.364. The summed E-state index contributed by atoms with van der Waals surface area (Å²) in [5, 5.41) is 0. The molecule has 1 aromatic carbocycles. The van der Waals surface area contributed by atoms with Crippen molar-refractivity contribution in [2.24, 2.45) is 5.73 Å². The van der Waals surface area contributed by atoms with E-state index in [0.717, 1.165) is 29.8 Å². The highest BCUT2D eigenvalue weighted by molar-refractivity contribution is 5.73. The summed E-state index contributed by atoms with van der Waals surface area (Å²) in [5.74, 6) is 0.788. The molecule has 3 heteroatoms. The highest BCUT2D eigenvalue weighted by Crippen LogP contribution is 2.17. The molecule has 0 aliphatic heterocycles. The van der Waals surface area contributed by atoms with Gasteiger partial charge in [-0.25, -0.2) is 4.98 Å². The van der Waals surface area contributed by atoms with Crippen LogP contribution in [0, 0.1) is 6.92 Å². The number of aryl methyl sites for hydroxylation is 2. The van der Waals surface area contributed by atoms with Crippen LogP contribution in [-0.4, -0.2) is 11.5 Å². The van der Waals surface area contributed by atoms with E-state index in [0.29, 0.717) is 6.54 Å². The number of oxazole rings is 1. The van der Waals surface area contributed by atoms with Crippen LogP contribution in [0.2, 0.25) is 0 Å². The molecule has 0 saturated heterocycles. The van der Waals surface area contributed by atoms with Crippen LogP contribution in [0.1, 0.15) is 17.9 Å². The van der Waals surface area contributed by atoms with Gasteiger partial charge < -0.3 is 10.2 Å². The predicted octanol–water partition coefficient (Wildman–Crippen LogP) is 2.03. The van der Waals surface area contributed by atoms with E-state index in [-0.39, 0.29) is 0 Å². The fourth-order valence-electron chi connectivity index (χ4n) is 1.44. The first-order valence-electron chi connectivity index (χ1n) is 4.86. The van der Waals surface area contributed by atoms with Gasteiger partial charge in [-0.3, -0.25) is 0 Å². The van der Waals surface area contributed by atoms with Crippen molar-refractivity contribution in [3.63, 3.8) is 0 Å². The van der Waals surface area contributed by atoms with Gasteiger partial charge in [0, 0.05) is 6.42 Å². The van der Waals surface area contributed by atoms with Gasteiger partial charge in [0.15, 0.2) is 11.5 Å². The standard InChI is InChI=1S/C11H14N2O/c1-8-4-5-9-10(7-8)14-11(13-9)3-2-6-12/h4-5,7H,2-3,6,12H2,1H3. The van der Waals surface area contributed by atoms with E-state index in [4.69, 9.17) is 10.2 Å². The van der Waals surface area contributed by atoms with E-state index in [2.05, 4.69) is 4.98 Å². The SMILES string of the molecule is Cc1ccc2nc(CCCN)oc2c1. The number of hydrogen-bond acceptors (Lipinski definition) is 3. The highest BCUT2D eigenvalue weighted by Gasteiger charge is 2.04. The zero-order chi connectivity index (χ0) is 9.97. The fourth-order valence-corrected chi connectivity index (χ4v) is 1.44. The molecule has 14 heavy (non-hydrogen) atoms. The molecular formula is C11H14N2O. The summed E-state index contributed by atoms with van der Waals surface area (Å²) in [6.07, 6.45) is 1.75. The van der Waals surface area contributed by atoms with Crippen LogP contribution < -0.4 is 5.73 Å². The lowest BCUT2D eigenvalue weighted by Gasteiger charge is -1.90. The average Bonchev–Trinajstić information content (AvgIpc) is 2.56. The van der Waals surface area contributed by atoms with Gasteiger partial charge in [0.1, 0.15) is 5.52 Å². The molecule has 1 heterocycles. The van der Waals surface area contributed by atoms with Crippen LogP contribution in [0.3, 0.4) is 0 Å². The molecule has 1 aromatic heterocycles. The van der Waals surface area contributed by atoms with Gasteiger partial charge in [0.05, 0.1) is 0 Å². The lowest BCUT2D eigenvalue weighted by atomic mass is 10.2. The van der Waals surface area contributed by atoms with Crippen LogP contribution in [0.5, 0.6) is 0 Å². The normalized spacial score (nSPS) is 11.0. The number of hydrogen-bond donors (Lipinski definition) is 1. The van der Waals surface area contributed by atoms with Gasteiger partial charge in [-0.05, 0) is 37.6 Å². The van der Waals surface area contributed by atoms with Crippen LogP contribution >= 0.6 is 0 Å². The smallest absolute Gasteiger partial charge is 0.195 e. The van der Waals surface area contributed by atoms with Gasteiger partial charge >= 0.3 is 0 Å². The molecule has 0 spiro atoms. The lowest BCUT2D eigenvalue weighted by molar-refractivity contribution is 0.521. The first kappa shape index (κ1) is 9.21. The Morgan fingerprint density at radius 2 is 2.29 bits per heavy atom. The Morgan fingerprint density at radius 1 is 1.43 bits per heavy atom. The molecule has 0 fully saturated rings. The Balaban J connectivity index is 2.32. The third kappa shape index (κ3) is 1.77. The van der Waals surface area contributed by atoms with Gasteiger partial charge in [0.2, 0.25) is 0 Å². The molecule has 3 nitrogen and oxygen atoms in total. The van der Waals surface area contributed by atoms with E-state index in [1.54, 1.807) is 0 Å². The molecule has 0 amide bonds. The van der Waals surface area contributed by atoms with Crippen molar-refractivity contribution >= 4 is 11.1 Å². The van der Waals surface area contributed by atoms with E-state index >= 15 is 0 Å². The van der Waals surface area contributed by atoms with Crippen LogP contribution in [-0.2, 0) is 6.42 Å². The van der Waals surface area contributed by atoms with Gasteiger partial charge in [-0.15, -0.1) is 0 Å². The highest BCUT2D eigenvalue weighted by atomic mass is 16.3. The monoisotopic (exact) mass is 190 g/mol. The molecule has 0 aliphatic carbocycles. The zero-order valence-electron chi connectivity index (χ0n) is 8.29. The summed E-state index contributed by atoms with van der Waals surface area (Å²) in [7, 11) is 0. The second kappa shape index (κ2) is 3.80. The summed E-state index contributed by atoms with van der Waals surface area (Å²) in [4.78, 5) is 4.37. The second-order valence-electron chi connectivity index (χ2n) is 3.47. The Labute approximate surface area is 82.9 Å². The van der Waals surface area contributed by atoms with Crippen molar-refractivity contribution in [2.75, 3.05) is 6.54 Å². The Kier molecular flexibility index (Phi) is 2.50. The van der Waals surface area contributed by atoms with Crippen molar-refractivity contribution in [1.82, 2.24) is 4.98 Å². The van der Waals surface area contributed by atoms with Crippen molar-refractivity contribution in [3.05, 3.63) is 29.7 Å². The molecule has 74 valence electrons. The molecule has 0 atom stereocenters. The van der Waals surface area contributed by atoms with Crippen molar-refractivity contribution in [3.8, 4) is 0 Å². The first-order valence-corrected chi connectivity index (χ1v) is 4.86. The van der Waals surface area contributed by atoms with Crippen LogP contribution in [0.25, 0.3) is 11.1 Å². The van der Waals surface area contributed by atoms with Crippen molar-refractivity contribution in [2.45, 2.75) is 19.8 Å². The number of nitrogens with zero attached hydrogens (tertiary/aromatic N) is 1. The lowest BCUT2D eigenvalue weighted by Crippen LogP contribution is -2.00. The summed E-state index contributed by atoms with van der Waals surface area (Å²) < 4.78 is 5.58. The number of rotatable bonds is 3. The molecule has 0 saturated carbocycles. The van der Waals surface area contributed by atoms with Crippen LogP contribution in [0.4, 0.5) is 0 Å². The van der Waals surface area contributed by atoms with Crippen molar-refractivity contribution < 1.29 is 4.42 Å². The maximum atomic E-state index is 5.58. The average molecular weight is 190 g/mol. The van der Waals surface area contributed by atoms with E-state index in [1.165, 1.54) is 5.56 Å². The molecule has 2 N–H and O–H groups in total. The molecule has 0 radical (unpaired) electrons. The number of fused-ring (bicyclic) bond motifs is 1. The van der Waals surface area contributed by atoms with E-state index in [9.17, 15) is 0 Å². The van der Waals surface area contributed by atoms with Gasteiger partial charge in [-0.2, -0.15) is 0 Å². The zero-order valence-corrected chi connectivity index (χ0v) is 8.29. The molecule has 0 unspecified atom stereocenters. The summed E-state index contributed by atoms with van der Waals surface area (Å²) in [6.45, 7) is 2.72. The second-order valence-corrected chi connectivity index (χ2v) is 3.47. The number of benzene rings is 1. The third-order valence-electron chi connectivity index (χ3n) is 2.18. The topological polar surface area (TPSA) is 52.0 Å². The van der Waals surface area contributed by atoms with Gasteiger partial charge in [-0.1, -0.05) is 6.07 Å². The summed E-state index contributed by atoms with van der Waals surface area (Å²) in [5.41, 5.74) is 8.42. The summed E-state index contributed by atoms with van der Waals surface area (Å²) in [6, 6.07) is 6.03. The van der Waals surface area contributed by atoms with E-state index in [1.807, 2.05) is 25.1 Å². The molecule has 0 aliphatic rings. The minimum Gasteiger partial charge on any atom is -0.441 e. The maximum absolute atomic E-state index is 5.58. The minimum atomic E-state index is 0.678. The Bertz CT molecular complexity index is 434. The number of aromatic nitrogens is 1. The van der Waals surface area contributed by atoms with E-state index < -0.39 is 0 Å². The number of nitrogens with two attached hydrogens (primary N) is 1. The maximum Gasteiger partial charge on any atom is 0.195 e. The quantitative estimate of drug-likeness (QED) is 0.805. The molecule has 2 aromatic rings.